The highest BCUT2D eigenvalue weighted by atomic mass is 16.5. The Morgan fingerprint density at radius 2 is 1.83 bits per heavy atom. The number of hydrogen-bond acceptors (Lipinski definition) is 3. The van der Waals surface area contributed by atoms with Crippen LogP contribution < -0.4 is 0 Å². The van der Waals surface area contributed by atoms with Crippen molar-refractivity contribution in [1.82, 2.24) is 9.80 Å². The average Bonchev–Trinajstić information content (AvgIpc) is 2.58. The molecule has 1 heterocycles. The van der Waals surface area contributed by atoms with Gasteiger partial charge in [-0.3, -0.25) is 9.69 Å². The number of carbonyl (C=O) groups excluding carboxylic acids is 2. The Morgan fingerprint density at radius 3 is 2.52 bits per heavy atom. The number of nitrogens with zero attached hydrogens (tertiary/aromatic N) is 2. The topological polar surface area (TPSA) is 49.9 Å². The first-order chi connectivity index (χ1) is 11.0. The van der Waals surface area contributed by atoms with Gasteiger partial charge in [-0.25, -0.2) is 4.79 Å². The summed E-state index contributed by atoms with van der Waals surface area (Å²) >= 11 is 0. The predicted octanol–water partition coefficient (Wildman–Crippen LogP) is 1.96. The zero-order valence-corrected chi connectivity index (χ0v) is 13.5. The van der Waals surface area contributed by atoms with Crippen LogP contribution in [0.3, 0.4) is 0 Å². The van der Waals surface area contributed by atoms with Gasteiger partial charge in [0.1, 0.15) is 5.41 Å². The van der Waals surface area contributed by atoms with Crippen LogP contribution in [0.1, 0.15) is 23.0 Å². The lowest BCUT2D eigenvalue weighted by molar-refractivity contribution is -0.155. The van der Waals surface area contributed by atoms with E-state index in [9.17, 15) is 9.59 Å². The van der Waals surface area contributed by atoms with Gasteiger partial charge in [-0.05, 0) is 11.1 Å². The van der Waals surface area contributed by atoms with Crippen LogP contribution in [0.4, 0.5) is 4.79 Å². The minimum Gasteiger partial charge on any atom is -0.383 e. The van der Waals surface area contributed by atoms with Gasteiger partial charge in [0.05, 0.1) is 12.6 Å². The first-order valence-electron chi connectivity index (χ1n) is 7.85. The van der Waals surface area contributed by atoms with E-state index in [0.29, 0.717) is 6.61 Å². The van der Waals surface area contributed by atoms with Gasteiger partial charge < -0.3 is 9.64 Å². The number of allylic oxidation sites excluding steroid dienone is 1. The zero-order chi connectivity index (χ0) is 16.4. The summed E-state index contributed by atoms with van der Waals surface area (Å²) in [5.74, 6) is -0.182. The van der Waals surface area contributed by atoms with Crippen LogP contribution in [-0.2, 0) is 9.53 Å². The molecule has 0 spiro atoms. The molecule has 4 aliphatic rings. The number of carbonyl (C=O) groups is 2. The molecule has 4 atom stereocenters. The summed E-state index contributed by atoms with van der Waals surface area (Å²) in [4.78, 5) is 28.6. The lowest BCUT2D eigenvalue weighted by Gasteiger charge is -2.59. The second kappa shape index (κ2) is 4.68. The van der Waals surface area contributed by atoms with E-state index in [1.54, 1.807) is 26.1 Å². The number of methoxy groups -OCH3 is 1. The maximum absolute atomic E-state index is 13.2. The molecule has 1 aromatic carbocycles. The van der Waals surface area contributed by atoms with Crippen LogP contribution >= 0.6 is 0 Å². The number of amides is 3. The average molecular weight is 312 g/mol. The SMILES string of the molecule is COC[C@@]12C(=O)N(C)C(=O)N(C)[C@@H]1[C@H]1C=C[C@@H]2c2ccccc21. The fourth-order valence-corrected chi connectivity index (χ4v) is 4.84. The third-order valence-electron chi connectivity index (χ3n) is 5.72. The lowest BCUT2D eigenvalue weighted by atomic mass is 9.53. The summed E-state index contributed by atoms with van der Waals surface area (Å²) in [5, 5.41) is 0. The van der Waals surface area contributed by atoms with Crippen molar-refractivity contribution in [2.75, 3.05) is 27.8 Å². The summed E-state index contributed by atoms with van der Waals surface area (Å²) in [6.07, 6.45) is 4.27. The molecule has 0 unspecified atom stereocenters. The lowest BCUT2D eigenvalue weighted by Crippen LogP contribution is -2.71. The van der Waals surface area contributed by atoms with Crippen LogP contribution in [0.15, 0.2) is 36.4 Å². The van der Waals surface area contributed by atoms with Gasteiger partial charge in [0.15, 0.2) is 0 Å². The van der Waals surface area contributed by atoms with Crippen molar-refractivity contribution in [3.63, 3.8) is 0 Å². The maximum atomic E-state index is 13.2. The van der Waals surface area contributed by atoms with Gasteiger partial charge >= 0.3 is 6.03 Å². The van der Waals surface area contributed by atoms with E-state index in [2.05, 4.69) is 24.3 Å². The molecule has 1 aromatic rings. The number of ether oxygens (including phenoxy) is 1. The van der Waals surface area contributed by atoms with E-state index in [-0.39, 0.29) is 29.8 Å². The van der Waals surface area contributed by atoms with Gasteiger partial charge in [-0.2, -0.15) is 0 Å². The van der Waals surface area contributed by atoms with Crippen LogP contribution in [0.2, 0.25) is 0 Å². The number of rotatable bonds is 2. The Kier molecular flexibility index (Phi) is 2.94. The largest absolute Gasteiger partial charge is 0.383 e. The van der Waals surface area contributed by atoms with Gasteiger partial charge in [0, 0.05) is 33.0 Å². The van der Waals surface area contributed by atoms with Crippen LogP contribution in [-0.4, -0.2) is 55.6 Å². The molecule has 120 valence electrons. The van der Waals surface area contributed by atoms with E-state index >= 15 is 0 Å². The van der Waals surface area contributed by atoms with Crippen LogP contribution in [0.5, 0.6) is 0 Å². The Bertz CT molecular complexity index is 729. The zero-order valence-electron chi connectivity index (χ0n) is 13.5. The minimum absolute atomic E-state index is 0.0259. The summed E-state index contributed by atoms with van der Waals surface area (Å²) in [6.45, 7) is 0.304. The highest BCUT2D eigenvalue weighted by molar-refractivity contribution is 6.02. The Morgan fingerprint density at radius 1 is 1.13 bits per heavy atom. The molecule has 5 heteroatoms. The molecule has 3 amide bonds. The molecular formula is C18H20N2O3. The van der Waals surface area contributed by atoms with Gasteiger partial charge in [-0.15, -0.1) is 0 Å². The van der Waals surface area contributed by atoms with E-state index < -0.39 is 5.41 Å². The van der Waals surface area contributed by atoms with Gasteiger partial charge in [0.25, 0.3) is 0 Å². The molecule has 5 rings (SSSR count). The molecule has 1 fully saturated rings. The van der Waals surface area contributed by atoms with E-state index in [1.807, 2.05) is 12.1 Å². The fraction of sp³-hybridized carbons (Fsp3) is 0.444. The summed E-state index contributed by atoms with van der Waals surface area (Å²) in [5.41, 5.74) is 1.64. The summed E-state index contributed by atoms with van der Waals surface area (Å²) in [6, 6.07) is 7.77. The Balaban J connectivity index is 1.99. The third-order valence-corrected chi connectivity index (χ3v) is 5.72. The normalized spacial score (nSPS) is 34.7. The Labute approximate surface area is 135 Å². The van der Waals surface area contributed by atoms with Crippen molar-refractivity contribution in [3.05, 3.63) is 47.5 Å². The van der Waals surface area contributed by atoms with Crippen molar-refractivity contribution >= 4 is 11.9 Å². The number of hydrogen-bond donors (Lipinski definition) is 0. The Hall–Kier alpha value is -2.14. The highest BCUT2D eigenvalue weighted by Gasteiger charge is 2.65. The molecule has 1 saturated heterocycles. The molecule has 23 heavy (non-hydrogen) atoms. The number of imide groups is 1. The molecule has 2 bridgehead atoms. The van der Waals surface area contributed by atoms with Crippen molar-refractivity contribution < 1.29 is 14.3 Å². The van der Waals surface area contributed by atoms with E-state index in [0.717, 1.165) is 0 Å². The molecule has 0 radical (unpaired) electrons. The van der Waals surface area contributed by atoms with Gasteiger partial charge in [-0.1, -0.05) is 36.4 Å². The molecular weight excluding hydrogens is 292 g/mol. The molecule has 0 aromatic heterocycles. The highest BCUT2D eigenvalue weighted by Crippen LogP contribution is 2.59. The number of likely N-dealkylation sites (N-methyl/N-ethyl adjacent to an activating group) is 1. The number of benzene rings is 1. The first-order valence-corrected chi connectivity index (χ1v) is 7.85. The minimum atomic E-state index is -0.750. The molecule has 0 N–H and O–H groups in total. The standard InChI is InChI=1S/C18H20N2O3/c1-19-15-13-8-9-14(12-7-5-4-6-11(12)13)18(15,10-23-3)16(21)20(2)17(19)22/h4-9,13-15H,10H2,1-3H3/t13-,14+,15+,18-/m0/s1. The molecule has 0 saturated carbocycles. The smallest absolute Gasteiger partial charge is 0.326 e. The van der Waals surface area contributed by atoms with E-state index in [1.165, 1.54) is 16.0 Å². The van der Waals surface area contributed by atoms with Crippen molar-refractivity contribution in [2.45, 2.75) is 17.9 Å². The quantitative estimate of drug-likeness (QED) is 0.785. The monoisotopic (exact) mass is 312 g/mol. The summed E-state index contributed by atoms with van der Waals surface area (Å²) in [7, 11) is 4.97. The van der Waals surface area contributed by atoms with Crippen molar-refractivity contribution in [2.24, 2.45) is 5.41 Å². The third kappa shape index (κ3) is 1.55. The van der Waals surface area contributed by atoms with Crippen molar-refractivity contribution in [1.29, 1.82) is 0 Å². The fourth-order valence-electron chi connectivity index (χ4n) is 4.84. The molecule has 3 aliphatic carbocycles. The molecule has 1 aliphatic heterocycles. The van der Waals surface area contributed by atoms with Gasteiger partial charge in [0.2, 0.25) is 5.91 Å². The van der Waals surface area contributed by atoms with E-state index in [4.69, 9.17) is 4.74 Å². The maximum Gasteiger partial charge on any atom is 0.326 e. The van der Waals surface area contributed by atoms with Crippen LogP contribution in [0.25, 0.3) is 0 Å². The molecule has 5 nitrogen and oxygen atoms in total. The second-order valence-corrected chi connectivity index (χ2v) is 6.69. The predicted molar refractivity (Wildman–Crippen MR) is 85.1 cm³/mol. The first kappa shape index (κ1) is 14.5. The van der Waals surface area contributed by atoms with Crippen molar-refractivity contribution in [3.8, 4) is 0 Å². The summed E-state index contributed by atoms with van der Waals surface area (Å²) < 4.78 is 5.49. The number of urea groups is 1. The van der Waals surface area contributed by atoms with Crippen LogP contribution in [0, 0.1) is 5.41 Å². The second-order valence-electron chi connectivity index (χ2n) is 6.69.